The molecule has 1 rings (SSSR count). The number of carbonyl (C=O) groups is 3. The van der Waals surface area contributed by atoms with Gasteiger partial charge in [0.15, 0.2) is 0 Å². The lowest BCUT2D eigenvalue weighted by atomic mass is 10.1. The van der Waals surface area contributed by atoms with Gasteiger partial charge in [-0.05, 0) is 6.92 Å². The summed E-state index contributed by atoms with van der Waals surface area (Å²) in [6, 6.07) is 0. The fraction of sp³-hybridized carbons (Fsp3) is 0.308. The van der Waals surface area contributed by atoms with Crippen molar-refractivity contribution in [1.82, 2.24) is 0 Å². The second-order valence-corrected chi connectivity index (χ2v) is 4.79. The first-order chi connectivity index (χ1) is 9.96. The summed E-state index contributed by atoms with van der Waals surface area (Å²) in [5.74, 6) is -1.98. The average molecular weight is 313 g/mol. The molecule has 0 radical (unpaired) electrons. The molecule has 0 aliphatic heterocycles. The third kappa shape index (κ3) is 3.82. The number of ether oxygens (including phenoxy) is 3. The Hall–Kier alpha value is -2.35. The Morgan fingerprint density at radius 3 is 2.33 bits per heavy atom. The van der Waals surface area contributed by atoms with E-state index in [1.165, 1.54) is 26.4 Å². The van der Waals surface area contributed by atoms with Crippen LogP contribution in [0.2, 0.25) is 0 Å². The van der Waals surface area contributed by atoms with Crippen LogP contribution >= 0.6 is 11.3 Å². The highest BCUT2D eigenvalue weighted by Crippen LogP contribution is 2.33. The molecule has 0 unspecified atom stereocenters. The molecule has 7 nitrogen and oxygen atoms in total. The van der Waals surface area contributed by atoms with Crippen LogP contribution in [0, 0.1) is 0 Å². The van der Waals surface area contributed by atoms with E-state index in [2.05, 4.69) is 9.47 Å². The van der Waals surface area contributed by atoms with Gasteiger partial charge >= 0.3 is 17.9 Å². The van der Waals surface area contributed by atoms with Crippen LogP contribution in [-0.2, 0) is 25.6 Å². The van der Waals surface area contributed by atoms with Crippen LogP contribution < -0.4 is 5.73 Å². The Morgan fingerprint density at radius 2 is 1.81 bits per heavy atom. The van der Waals surface area contributed by atoms with Crippen molar-refractivity contribution >= 4 is 34.2 Å². The zero-order valence-corrected chi connectivity index (χ0v) is 12.6. The molecule has 0 atom stereocenters. The van der Waals surface area contributed by atoms with Crippen molar-refractivity contribution in [3.63, 3.8) is 0 Å². The van der Waals surface area contributed by atoms with Crippen molar-refractivity contribution in [3.05, 3.63) is 28.2 Å². The lowest BCUT2D eigenvalue weighted by molar-refractivity contribution is -0.139. The molecule has 0 fully saturated rings. The van der Waals surface area contributed by atoms with Crippen molar-refractivity contribution < 1.29 is 28.6 Å². The summed E-state index contributed by atoms with van der Waals surface area (Å²) < 4.78 is 14.2. The quantitative estimate of drug-likeness (QED) is 0.499. The highest BCUT2D eigenvalue weighted by molar-refractivity contribution is 7.18. The topological polar surface area (TPSA) is 105 Å². The molecule has 21 heavy (non-hydrogen) atoms. The van der Waals surface area contributed by atoms with E-state index < -0.39 is 17.9 Å². The Balaban J connectivity index is 3.20. The zero-order chi connectivity index (χ0) is 16.0. The Morgan fingerprint density at radius 1 is 1.19 bits per heavy atom. The lowest BCUT2D eigenvalue weighted by Gasteiger charge is -2.06. The van der Waals surface area contributed by atoms with Crippen molar-refractivity contribution in [3.8, 4) is 0 Å². The monoisotopic (exact) mass is 313 g/mol. The molecule has 1 aromatic rings. The SMILES string of the molecule is C/C=C/C(=O)OCc1c(C(=O)OC)sc(N)c1C(=O)OC. The Bertz CT molecular complexity index is 590. The second-order valence-electron chi connectivity index (χ2n) is 3.74. The zero-order valence-electron chi connectivity index (χ0n) is 11.8. The summed E-state index contributed by atoms with van der Waals surface area (Å²) in [6.45, 7) is 1.37. The number of hydrogen-bond acceptors (Lipinski definition) is 8. The lowest BCUT2D eigenvalue weighted by Crippen LogP contribution is -2.11. The van der Waals surface area contributed by atoms with Crippen LogP contribution in [0.25, 0.3) is 0 Å². The van der Waals surface area contributed by atoms with Gasteiger partial charge in [0.25, 0.3) is 0 Å². The average Bonchev–Trinajstić information content (AvgIpc) is 2.80. The van der Waals surface area contributed by atoms with Gasteiger partial charge < -0.3 is 19.9 Å². The molecule has 2 N–H and O–H groups in total. The van der Waals surface area contributed by atoms with E-state index in [0.29, 0.717) is 0 Å². The number of allylic oxidation sites excluding steroid dienone is 1. The number of methoxy groups -OCH3 is 2. The molecule has 1 aromatic heterocycles. The number of rotatable bonds is 5. The number of anilines is 1. The molecular weight excluding hydrogens is 298 g/mol. The molecule has 8 heteroatoms. The molecule has 114 valence electrons. The second kappa shape index (κ2) is 7.44. The summed E-state index contributed by atoms with van der Waals surface area (Å²) in [5, 5.41) is 0.0966. The van der Waals surface area contributed by atoms with E-state index in [0.717, 1.165) is 11.3 Å². The Labute approximate surface area is 125 Å². The largest absolute Gasteiger partial charge is 0.465 e. The van der Waals surface area contributed by atoms with E-state index in [-0.39, 0.29) is 27.6 Å². The van der Waals surface area contributed by atoms with E-state index >= 15 is 0 Å². The minimum absolute atomic E-state index is 0.0104. The number of esters is 3. The number of nitrogen functional groups attached to an aromatic ring is 1. The van der Waals surface area contributed by atoms with Crippen molar-refractivity contribution in [2.45, 2.75) is 13.5 Å². The van der Waals surface area contributed by atoms with E-state index in [1.807, 2.05) is 0 Å². The van der Waals surface area contributed by atoms with Crippen LogP contribution in [0.4, 0.5) is 5.00 Å². The molecule has 1 heterocycles. The van der Waals surface area contributed by atoms with Gasteiger partial charge in [-0.15, -0.1) is 11.3 Å². The van der Waals surface area contributed by atoms with Crippen molar-refractivity contribution in [2.24, 2.45) is 0 Å². The smallest absolute Gasteiger partial charge is 0.348 e. The van der Waals surface area contributed by atoms with Gasteiger partial charge in [0.05, 0.1) is 14.2 Å². The number of nitrogens with two attached hydrogens (primary N) is 1. The minimum Gasteiger partial charge on any atom is -0.465 e. The first kappa shape index (κ1) is 16.7. The third-order valence-electron chi connectivity index (χ3n) is 2.46. The van der Waals surface area contributed by atoms with Gasteiger partial charge in [-0.3, -0.25) is 0 Å². The minimum atomic E-state index is -0.712. The summed E-state index contributed by atoms with van der Waals surface area (Å²) in [7, 11) is 2.39. The molecule has 0 aliphatic carbocycles. The van der Waals surface area contributed by atoms with Crippen LogP contribution in [0.5, 0.6) is 0 Å². The van der Waals surface area contributed by atoms with Crippen molar-refractivity contribution in [2.75, 3.05) is 20.0 Å². The standard InChI is InChI=1S/C13H15NO6S/c1-4-5-8(15)20-6-7-9(12(16)18-2)11(14)21-10(7)13(17)19-3/h4-5H,6,14H2,1-3H3/b5-4+. The van der Waals surface area contributed by atoms with Gasteiger partial charge in [-0.25, -0.2) is 14.4 Å². The van der Waals surface area contributed by atoms with Gasteiger partial charge in [0.1, 0.15) is 22.0 Å². The molecule has 0 saturated heterocycles. The molecule has 0 amide bonds. The summed E-state index contributed by atoms with van der Waals surface area (Å²) in [5.41, 5.74) is 5.92. The summed E-state index contributed by atoms with van der Waals surface area (Å²) in [6.07, 6.45) is 2.72. The van der Waals surface area contributed by atoms with Gasteiger partial charge in [-0.2, -0.15) is 0 Å². The number of carbonyl (C=O) groups excluding carboxylic acids is 3. The fourth-order valence-electron chi connectivity index (χ4n) is 1.53. The predicted octanol–water partition coefficient (Wildman–Crippen LogP) is 1.52. The molecule has 0 aliphatic rings. The summed E-state index contributed by atoms with van der Waals surface area (Å²) in [4.78, 5) is 34.9. The number of thiophene rings is 1. The summed E-state index contributed by atoms with van der Waals surface area (Å²) >= 11 is 0.875. The predicted molar refractivity (Wildman–Crippen MR) is 76.0 cm³/mol. The van der Waals surface area contributed by atoms with E-state index in [1.54, 1.807) is 6.92 Å². The molecule has 0 aromatic carbocycles. The van der Waals surface area contributed by atoms with Crippen LogP contribution in [0.1, 0.15) is 32.5 Å². The maximum absolute atomic E-state index is 11.7. The molecule has 0 spiro atoms. The van der Waals surface area contributed by atoms with Crippen molar-refractivity contribution in [1.29, 1.82) is 0 Å². The van der Waals surface area contributed by atoms with Gasteiger partial charge in [0, 0.05) is 11.6 Å². The molecule has 0 bridgehead atoms. The fourth-order valence-corrected chi connectivity index (χ4v) is 2.51. The maximum atomic E-state index is 11.7. The van der Waals surface area contributed by atoms with Crippen LogP contribution in [0.3, 0.4) is 0 Å². The van der Waals surface area contributed by atoms with E-state index in [9.17, 15) is 14.4 Å². The molecular formula is C13H15NO6S. The first-order valence-corrected chi connectivity index (χ1v) is 6.65. The first-order valence-electron chi connectivity index (χ1n) is 5.83. The van der Waals surface area contributed by atoms with Gasteiger partial charge in [0.2, 0.25) is 0 Å². The van der Waals surface area contributed by atoms with Crippen LogP contribution in [0.15, 0.2) is 12.2 Å². The normalized spacial score (nSPS) is 10.4. The molecule has 0 saturated carbocycles. The number of hydrogen-bond donors (Lipinski definition) is 1. The Kier molecular flexibility index (Phi) is 5.92. The van der Waals surface area contributed by atoms with Crippen LogP contribution in [-0.4, -0.2) is 32.1 Å². The highest BCUT2D eigenvalue weighted by atomic mass is 32.1. The van der Waals surface area contributed by atoms with Gasteiger partial charge in [-0.1, -0.05) is 6.08 Å². The third-order valence-corrected chi connectivity index (χ3v) is 3.50. The maximum Gasteiger partial charge on any atom is 0.348 e. The van der Waals surface area contributed by atoms with E-state index in [4.69, 9.17) is 10.5 Å². The highest BCUT2D eigenvalue weighted by Gasteiger charge is 2.27.